The Kier molecular flexibility index (Phi) is 5.16. The first kappa shape index (κ1) is 13.8. The SMILES string of the molecule is Cc1cccc(CCC(=O)NCC2=CCNCC2)c1. The third kappa shape index (κ3) is 4.87. The van der Waals surface area contributed by atoms with Crippen LogP contribution in [0, 0.1) is 6.92 Å². The summed E-state index contributed by atoms with van der Waals surface area (Å²) in [7, 11) is 0. The van der Waals surface area contributed by atoms with E-state index in [2.05, 4.69) is 41.8 Å². The molecule has 1 heterocycles. The Morgan fingerprint density at radius 2 is 2.32 bits per heavy atom. The van der Waals surface area contributed by atoms with Crippen LogP contribution >= 0.6 is 0 Å². The van der Waals surface area contributed by atoms with Crippen LogP contribution in [0.4, 0.5) is 0 Å². The maximum absolute atomic E-state index is 11.8. The molecule has 0 spiro atoms. The minimum atomic E-state index is 0.140. The molecule has 1 amide bonds. The average Bonchev–Trinajstić information content (AvgIpc) is 2.44. The molecule has 3 nitrogen and oxygen atoms in total. The molecule has 0 radical (unpaired) electrons. The van der Waals surface area contributed by atoms with Gasteiger partial charge < -0.3 is 10.6 Å². The first-order valence-corrected chi connectivity index (χ1v) is 6.95. The van der Waals surface area contributed by atoms with Crippen molar-refractivity contribution in [2.45, 2.75) is 26.2 Å². The molecule has 1 aliphatic heterocycles. The minimum Gasteiger partial charge on any atom is -0.352 e. The fourth-order valence-corrected chi connectivity index (χ4v) is 2.26. The molecular formula is C16H22N2O. The van der Waals surface area contributed by atoms with Crippen LogP contribution < -0.4 is 10.6 Å². The third-order valence-corrected chi connectivity index (χ3v) is 3.39. The van der Waals surface area contributed by atoms with E-state index in [0.29, 0.717) is 13.0 Å². The lowest BCUT2D eigenvalue weighted by Crippen LogP contribution is -2.29. The molecule has 0 saturated heterocycles. The predicted octanol–water partition coefficient (Wildman–Crippen LogP) is 1.96. The van der Waals surface area contributed by atoms with Crippen molar-refractivity contribution >= 4 is 5.91 Å². The molecule has 0 atom stereocenters. The molecule has 0 aliphatic carbocycles. The van der Waals surface area contributed by atoms with Crippen molar-refractivity contribution in [1.29, 1.82) is 0 Å². The van der Waals surface area contributed by atoms with Gasteiger partial charge >= 0.3 is 0 Å². The lowest BCUT2D eigenvalue weighted by molar-refractivity contribution is -0.120. The Morgan fingerprint density at radius 1 is 1.42 bits per heavy atom. The van der Waals surface area contributed by atoms with Crippen LogP contribution in [-0.2, 0) is 11.2 Å². The number of carbonyl (C=O) groups is 1. The van der Waals surface area contributed by atoms with Crippen LogP contribution in [-0.4, -0.2) is 25.5 Å². The van der Waals surface area contributed by atoms with Crippen LogP contribution in [0.1, 0.15) is 24.0 Å². The standard InChI is InChI=1S/C16H22N2O/c1-13-3-2-4-14(11-13)5-6-16(19)18-12-15-7-9-17-10-8-15/h2-4,7,11,17H,5-6,8-10,12H2,1H3,(H,18,19). The number of hydrogen-bond donors (Lipinski definition) is 2. The summed E-state index contributed by atoms with van der Waals surface area (Å²) in [6.07, 6.45) is 4.59. The van der Waals surface area contributed by atoms with Crippen molar-refractivity contribution in [3.05, 3.63) is 47.0 Å². The molecule has 0 unspecified atom stereocenters. The van der Waals surface area contributed by atoms with Gasteiger partial charge in [0.1, 0.15) is 0 Å². The first-order chi connectivity index (χ1) is 9.24. The van der Waals surface area contributed by atoms with E-state index in [-0.39, 0.29) is 5.91 Å². The zero-order valence-corrected chi connectivity index (χ0v) is 11.5. The molecule has 0 saturated carbocycles. The van der Waals surface area contributed by atoms with E-state index in [9.17, 15) is 4.79 Å². The van der Waals surface area contributed by atoms with Gasteiger partial charge in [-0.15, -0.1) is 0 Å². The van der Waals surface area contributed by atoms with Crippen LogP contribution in [0.3, 0.4) is 0 Å². The molecule has 1 aromatic rings. The Bertz CT molecular complexity index is 466. The smallest absolute Gasteiger partial charge is 0.220 e. The van der Waals surface area contributed by atoms with Crippen molar-refractivity contribution < 1.29 is 4.79 Å². The molecule has 3 heteroatoms. The van der Waals surface area contributed by atoms with Gasteiger partial charge in [0.25, 0.3) is 0 Å². The highest BCUT2D eigenvalue weighted by Crippen LogP contribution is 2.07. The Labute approximate surface area is 115 Å². The van der Waals surface area contributed by atoms with Crippen molar-refractivity contribution in [3.8, 4) is 0 Å². The van der Waals surface area contributed by atoms with Crippen molar-refractivity contribution in [2.75, 3.05) is 19.6 Å². The summed E-state index contributed by atoms with van der Waals surface area (Å²) in [4.78, 5) is 11.8. The van der Waals surface area contributed by atoms with E-state index >= 15 is 0 Å². The number of amides is 1. The third-order valence-electron chi connectivity index (χ3n) is 3.39. The highest BCUT2D eigenvalue weighted by Gasteiger charge is 2.06. The number of rotatable bonds is 5. The maximum atomic E-state index is 11.8. The largest absolute Gasteiger partial charge is 0.352 e. The lowest BCUT2D eigenvalue weighted by Gasteiger charge is -2.14. The van der Waals surface area contributed by atoms with Gasteiger partial charge in [-0.05, 0) is 31.9 Å². The van der Waals surface area contributed by atoms with Gasteiger partial charge in [0, 0.05) is 19.5 Å². The van der Waals surface area contributed by atoms with Gasteiger partial charge in [0.05, 0.1) is 0 Å². The van der Waals surface area contributed by atoms with Gasteiger partial charge in [-0.25, -0.2) is 0 Å². The van der Waals surface area contributed by atoms with E-state index < -0.39 is 0 Å². The summed E-state index contributed by atoms with van der Waals surface area (Å²) >= 11 is 0. The highest BCUT2D eigenvalue weighted by atomic mass is 16.1. The zero-order chi connectivity index (χ0) is 13.5. The van der Waals surface area contributed by atoms with Crippen molar-refractivity contribution in [3.63, 3.8) is 0 Å². The minimum absolute atomic E-state index is 0.140. The maximum Gasteiger partial charge on any atom is 0.220 e. The van der Waals surface area contributed by atoms with Crippen LogP contribution in [0.2, 0.25) is 0 Å². The molecule has 2 N–H and O–H groups in total. The Balaban J connectivity index is 1.71. The lowest BCUT2D eigenvalue weighted by atomic mass is 10.1. The summed E-state index contributed by atoms with van der Waals surface area (Å²) in [6, 6.07) is 8.34. The monoisotopic (exact) mass is 258 g/mol. The van der Waals surface area contributed by atoms with E-state index in [1.165, 1.54) is 16.7 Å². The van der Waals surface area contributed by atoms with E-state index in [1.54, 1.807) is 0 Å². The fraction of sp³-hybridized carbons (Fsp3) is 0.438. The molecule has 102 valence electrons. The number of aryl methyl sites for hydroxylation is 2. The van der Waals surface area contributed by atoms with E-state index in [4.69, 9.17) is 0 Å². The van der Waals surface area contributed by atoms with Gasteiger partial charge in [-0.1, -0.05) is 41.5 Å². The normalized spacial score (nSPS) is 14.9. The van der Waals surface area contributed by atoms with Gasteiger partial charge in [-0.3, -0.25) is 4.79 Å². The summed E-state index contributed by atoms with van der Waals surface area (Å²) in [6.45, 7) is 4.72. The molecule has 1 aliphatic rings. The number of carbonyl (C=O) groups excluding carboxylic acids is 1. The van der Waals surface area contributed by atoms with Crippen molar-refractivity contribution in [1.82, 2.24) is 10.6 Å². The summed E-state index contributed by atoms with van der Waals surface area (Å²) < 4.78 is 0. The van der Waals surface area contributed by atoms with E-state index in [0.717, 1.165) is 25.9 Å². The highest BCUT2D eigenvalue weighted by molar-refractivity contribution is 5.76. The molecule has 0 aromatic heterocycles. The Hall–Kier alpha value is -1.61. The molecule has 1 aromatic carbocycles. The second-order valence-electron chi connectivity index (χ2n) is 5.08. The zero-order valence-electron chi connectivity index (χ0n) is 11.5. The van der Waals surface area contributed by atoms with Gasteiger partial charge in [-0.2, -0.15) is 0 Å². The van der Waals surface area contributed by atoms with Gasteiger partial charge in [0.2, 0.25) is 5.91 Å². The van der Waals surface area contributed by atoms with Gasteiger partial charge in [0.15, 0.2) is 0 Å². The molecule has 19 heavy (non-hydrogen) atoms. The molecule has 0 fully saturated rings. The topological polar surface area (TPSA) is 41.1 Å². The summed E-state index contributed by atoms with van der Waals surface area (Å²) in [5.41, 5.74) is 3.82. The molecule has 0 bridgehead atoms. The quantitative estimate of drug-likeness (QED) is 0.793. The summed E-state index contributed by atoms with van der Waals surface area (Å²) in [5, 5.41) is 6.27. The second kappa shape index (κ2) is 7.10. The van der Waals surface area contributed by atoms with Crippen LogP contribution in [0.25, 0.3) is 0 Å². The van der Waals surface area contributed by atoms with Crippen LogP contribution in [0.15, 0.2) is 35.9 Å². The van der Waals surface area contributed by atoms with Crippen LogP contribution in [0.5, 0.6) is 0 Å². The van der Waals surface area contributed by atoms with Crippen molar-refractivity contribution in [2.24, 2.45) is 0 Å². The van der Waals surface area contributed by atoms with E-state index in [1.807, 2.05) is 6.07 Å². The number of nitrogens with one attached hydrogen (secondary N) is 2. The fourth-order valence-electron chi connectivity index (χ4n) is 2.26. The number of benzene rings is 1. The summed E-state index contributed by atoms with van der Waals surface area (Å²) in [5.74, 6) is 0.140. The molecular weight excluding hydrogens is 236 g/mol. The first-order valence-electron chi connectivity index (χ1n) is 6.95. The Morgan fingerprint density at radius 3 is 3.05 bits per heavy atom. The average molecular weight is 258 g/mol. The molecule has 2 rings (SSSR count). The second-order valence-corrected chi connectivity index (χ2v) is 5.08. The predicted molar refractivity (Wildman–Crippen MR) is 78.1 cm³/mol. The number of hydrogen-bond acceptors (Lipinski definition) is 2.